The van der Waals surface area contributed by atoms with E-state index >= 15 is 0 Å². The van der Waals surface area contributed by atoms with Gasteiger partial charge in [-0.25, -0.2) is 14.4 Å². The highest BCUT2D eigenvalue weighted by Crippen LogP contribution is 2.48. The zero-order valence-electron chi connectivity index (χ0n) is 53.0. The molecule has 6 heterocycles. The molecule has 3 aromatic heterocycles. The van der Waals surface area contributed by atoms with Crippen LogP contribution in [0, 0.1) is 17.8 Å². The Hall–Kier alpha value is -8.37. The summed E-state index contributed by atoms with van der Waals surface area (Å²) < 4.78 is 22.9. The third-order valence-corrected chi connectivity index (χ3v) is 20.6. The number of carbonyl (C=O) groups excluding carboxylic acids is 3. The van der Waals surface area contributed by atoms with Crippen molar-refractivity contribution in [3.05, 3.63) is 214 Å². The Bertz CT molecular complexity index is 3580. The van der Waals surface area contributed by atoms with Crippen molar-refractivity contribution in [3.63, 3.8) is 0 Å². The fraction of sp³-hybridized carbons (Fsp3) is 0.400. The van der Waals surface area contributed by atoms with E-state index < -0.39 is 0 Å². The molecule has 90 heavy (non-hydrogen) atoms. The van der Waals surface area contributed by atoms with Crippen LogP contribution in [-0.2, 0) is 74.4 Å². The van der Waals surface area contributed by atoms with Gasteiger partial charge in [0.05, 0.1) is 0 Å². The number of amides is 3. The third kappa shape index (κ3) is 12.9. The Morgan fingerprint density at radius 2 is 0.656 bits per heavy atom. The van der Waals surface area contributed by atoms with Gasteiger partial charge in [-0.1, -0.05) is 127 Å². The molecule has 3 N–H and O–H groups in total. The first-order valence-corrected chi connectivity index (χ1v) is 32.4. The highest BCUT2D eigenvalue weighted by atomic mass is 16.6. The fourth-order valence-electron chi connectivity index (χ4n) is 16.4. The number of aromatic nitrogens is 3. The third-order valence-electron chi connectivity index (χ3n) is 20.6. The van der Waals surface area contributed by atoms with Gasteiger partial charge in [0.15, 0.2) is 0 Å². The summed E-state index contributed by atoms with van der Waals surface area (Å²) in [5, 5.41) is 13.3. The zero-order valence-corrected chi connectivity index (χ0v) is 53.0. The van der Waals surface area contributed by atoms with Gasteiger partial charge in [-0.2, -0.15) is 0 Å². The van der Waals surface area contributed by atoms with Crippen molar-refractivity contribution >= 4 is 51.0 Å². The van der Waals surface area contributed by atoms with E-state index in [0.717, 1.165) is 74.8 Å². The Morgan fingerprint density at radius 1 is 0.378 bits per heavy atom. The van der Waals surface area contributed by atoms with Crippen molar-refractivity contribution in [1.29, 1.82) is 0 Å². The highest BCUT2D eigenvalue weighted by Gasteiger charge is 2.43. The van der Waals surface area contributed by atoms with Crippen LogP contribution in [0.15, 0.2) is 164 Å². The number of likely N-dealkylation sites (N-methyl/N-ethyl adjacent to an activating group) is 3. The topological polar surface area (TPSA) is 140 Å². The van der Waals surface area contributed by atoms with Crippen LogP contribution in [0.3, 0.4) is 0 Å². The summed E-state index contributed by atoms with van der Waals surface area (Å²) >= 11 is 0. The maximum atomic E-state index is 12.2. The fourth-order valence-corrected chi connectivity index (χ4v) is 16.4. The van der Waals surface area contributed by atoms with Crippen LogP contribution in [0.25, 0.3) is 32.7 Å². The van der Waals surface area contributed by atoms with E-state index in [9.17, 15) is 14.4 Å². The number of ether oxygens (including phenoxy) is 3. The van der Waals surface area contributed by atoms with Crippen LogP contribution in [0.2, 0.25) is 0 Å². The molecule has 3 aliphatic heterocycles. The Kier molecular flexibility index (Phi) is 17.9. The number of hydrogen-bond donors (Lipinski definition) is 3. The predicted octanol–water partition coefficient (Wildman–Crippen LogP) is 12.2. The van der Waals surface area contributed by atoms with Crippen LogP contribution in [0.1, 0.15) is 87.1 Å². The van der Waals surface area contributed by atoms with E-state index in [1.54, 1.807) is 0 Å². The molecule has 0 radical (unpaired) electrons. The number of benzene rings is 6. The largest absolute Gasteiger partial charge is 0.445 e. The molecule has 15 nitrogen and oxygen atoms in total. The molecule has 3 fully saturated rings. The monoisotopic (exact) mass is 1210 g/mol. The molecule has 9 aromatic rings. The first-order chi connectivity index (χ1) is 43.8. The Balaban J connectivity index is 0.000000124. The lowest BCUT2D eigenvalue weighted by Gasteiger charge is -2.45. The number of rotatable bonds is 12. The molecule has 3 aliphatic carbocycles. The second kappa shape index (κ2) is 26.6. The molecule has 15 rings (SSSR count). The number of carbonyl (C=O) groups is 3. The van der Waals surface area contributed by atoms with Crippen LogP contribution in [0.5, 0.6) is 0 Å². The second-order valence-electron chi connectivity index (χ2n) is 26.6. The van der Waals surface area contributed by atoms with Crippen molar-refractivity contribution in [2.75, 3.05) is 60.4 Å². The Labute approximate surface area is 529 Å². The summed E-state index contributed by atoms with van der Waals surface area (Å²) in [6.45, 7) is 5.87. The molecule has 0 spiro atoms. The van der Waals surface area contributed by atoms with E-state index in [1.165, 1.54) is 66.1 Å². The Morgan fingerprint density at radius 3 is 0.933 bits per heavy atom. The molecular weight excluding hydrogens is 1120 g/mol. The van der Waals surface area contributed by atoms with Gasteiger partial charge in [0.2, 0.25) is 0 Å². The smallest absolute Gasteiger partial charge is 0.407 e. The van der Waals surface area contributed by atoms with Gasteiger partial charge in [0.25, 0.3) is 0 Å². The lowest BCUT2D eigenvalue weighted by molar-refractivity contribution is 0.104. The molecule has 3 amide bonds. The average Bonchev–Trinajstić information content (AvgIpc) is 1.51. The highest BCUT2D eigenvalue weighted by molar-refractivity contribution is 5.91. The quantitative estimate of drug-likeness (QED) is 0.102. The SMILES string of the molecule is CN1C[C@H](CNC(=O)OCc2ccccc2)C[C@@H]2c3cccc4c3c(cn4C)C[C@H]21.CN1C[C@H](CNC(=O)OCc2ccccc2)C[C@@H]2c3cccc4c3c(cn4C)C[C@H]21.CN1C[C@H](CNC(=O)OCc2ccccc2)C[C@@H]2c3cccc4c3c(cn4C)C[C@H]21. The number of alkyl carbamates (subject to hydrolysis) is 3. The van der Waals surface area contributed by atoms with Crippen molar-refractivity contribution in [3.8, 4) is 0 Å². The van der Waals surface area contributed by atoms with Gasteiger partial charge in [0, 0.05) is 148 Å². The number of piperidine rings is 3. The van der Waals surface area contributed by atoms with E-state index in [2.05, 4.69) is 160 Å². The van der Waals surface area contributed by atoms with E-state index in [-0.39, 0.29) is 18.3 Å². The molecule has 0 bridgehead atoms. The van der Waals surface area contributed by atoms with Gasteiger partial charge < -0.3 is 58.6 Å². The molecular formula is C75H87N9O6. The zero-order chi connectivity index (χ0) is 62.0. The van der Waals surface area contributed by atoms with E-state index in [4.69, 9.17) is 14.2 Å². The van der Waals surface area contributed by atoms with Gasteiger partial charge in [0.1, 0.15) is 19.8 Å². The van der Waals surface area contributed by atoms with Gasteiger partial charge in [-0.15, -0.1) is 0 Å². The lowest BCUT2D eigenvalue weighted by Crippen LogP contribution is -2.50. The molecule has 0 saturated carbocycles. The number of likely N-dealkylation sites (tertiary alicyclic amines) is 3. The van der Waals surface area contributed by atoms with Gasteiger partial charge in [-0.3, -0.25) is 0 Å². The summed E-state index contributed by atoms with van der Waals surface area (Å²) in [6.07, 6.45) is 12.5. The molecule has 15 heteroatoms. The molecule has 6 aromatic carbocycles. The maximum Gasteiger partial charge on any atom is 0.407 e. The van der Waals surface area contributed by atoms with Crippen molar-refractivity contribution < 1.29 is 28.6 Å². The minimum absolute atomic E-state index is 0.306. The summed E-state index contributed by atoms with van der Waals surface area (Å²) in [6, 6.07) is 51.1. The molecule has 468 valence electrons. The van der Waals surface area contributed by atoms with Crippen LogP contribution >= 0.6 is 0 Å². The van der Waals surface area contributed by atoms with E-state index in [0.29, 0.717) is 93.1 Å². The summed E-state index contributed by atoms with van der Waals surface area (Å²) in [5.41, 5.74) is 15.8. The van der Waals surface area contributed by atoms with Crippen molar-refractivity contribution in [2.24, 2.45) is 38.9 Å². The van der Waals surface area contributed by atoms with Crippen LogP contribution in [-0.4, -0.2) is 125 Å². The summed E-state index contributed by atoms with van der Waals surface area (Å²) in [7, 11) is 13.1. The first-order valence-electron chi connectivity index (χ1n) is 32.4. The maximum absolute atomic E-state index is 12.2. The van der Waals surface area contributed by atoms with Gasteiger partial charge in [-0.05, 0) is 146 Å². The average molecular weight is 1210 g/mol. The number of nitrogens with zero attached hydrogens (tertiary/aromatic N) is 6. The molecule has 6 aliphatic rings. The number of hydrogen-bond acceptors (Lipinski definition) is 9. The van der Waals surface area contributed by atoms with Crippen molar-refractivity contribution in [2.45, 2.75) is 94.2 Å². The second-order valence-corrected chi connectivity index (χ2v) is 26.6. The molecule has 0 unspecified atom stereocenters. The van der Waals surface area contributed by atoms with Crippen LogP contribution < -0.4 is 16.0 Å². The predicted molar refractivity (Wildman–Crippen MR) is 356 cm³/mol. The first kappa shape index (κ1) is 60.5. The van der Waals surface area contributed by atoms with Crippen LogP contribution in [0.4, 0.5) is 14.4 Å². The normalized spacial score (nSPS) is 23.2. The minimum atomic E-state index is -0.334. The number of nitrogens with one attached hydrogen (secondary N) is 3. The van der Waals surface area contributed by atoms with Gasteiger partial charge >= 0.3 is 18.3 Å². The standard InChI is InChI=1S/3C25H29N3O2/c3*1-27-14-18(13-26-25(29)30-16-17-7-4-3-5-8-17)11-21-20-9-6-10-22-24(20)19(12-23(21)27)15-28(22)2/h3*3-10,15,18,21,23H,11-14,16H2,1-2H3,(H,26,29)/t3*18-,21+,23+/m000/s1. The summed E-state index contributed by atoms with van der Waals surface area (Å²) in [4.78, 5) is 44.1. The molecule has 9 atom stereocenters. The van der Waals surface area contributed by atoms with E-state index in [1.807, 2.05) is 91.0 Å². The lowest BCUT2D eigenvalue weighted by atomic mass is 9.72. The number of fused-ring (bicyclic) bond motifs is 6. The molecule has 3 saturated heterocycles. The summed E-state index contributed by atoms with van der Waals surface area (Å²) in [5.74, 6) is 2.78. The minimum Gasteiger partial charge on any atom is -0.445 e. The van der Waals surface area contributed by atoms with Crippen molar-refractivity contribution in [1.82, 2.24) is 44.4 Å². The number of aryl methyl sites for hydroxylation is 3.